The van der Waals surface area contributed by atoms with Gasteiger partial charge in [-0.2, -0.15) is 0 Å². The Kier molecular flexibility index (Phi) is 5.39. The fourth-order valence-corrected chi connectivity index (χ4v) is 3.22. The molecule has 3 N–H and O–H groups in total. The van der Waals surface area contributed by atoms with E-state index in [-0.39, 0.29) is 5.91 Å². The Morgan fingerprint density at radius 3 is 2.64 bits per heavy atom. The average Bonchev–Trinajstić information content (AvgIpc) is 2.99. The summed E-state index contributed by atoms with van der Waals surface area (Å²) in [5.41, 5.74) is 10.9. The minimum atomic E-state index is 0.0128. The van der Waals surface area contributed by atoms with Gasteiger partial charge in [0.15, 0.2) is 0 Å². The Morgan fingerprint density at radius 2 is 1.92 bits per heavy atom. The molecule has 0 atom stereocenters. The van der Waals surface area contributed by atoms with Crippen molar-refractivity contribution in [2.75, 3.05) is 17.6 Å². The minimum absolute atomic E-state index is 0.0128. The van der Waals surface area contributed by atoms with Gasteiger partial charge in [0, 0.05) is 24.5 Å². The van der Waals surface area contributed by atoms with Crippen molar-refractivity contribution < 1.29 is 4.79 Å². The van der Waals surface area contributed by atoms with Crippen LogP contribution in [-0.2, 0) is 24.3 Å². The highest BCUT2D eigenvalue weighted by atomic mass is 16.1. The zero-order chi connectivity index (χ0) is 17.8. The first-order valence-electron chi connectivity index (χ1n) is 8.98. The molecule has 1 heterocycles. The standard InChI is InChI=1S/C21H27N3O/c1-15(2)10-11-24-13-17-4-3-5-20(19(17)14-24)23-21(25)12-16-6-8-18(22)9-7-16/h3-9,15H,10-14,22H2,1-2H3,(H,23,25). The summed E-state index contributed by atoms with van der Waals surface area (Å²) in [6, 6.07) is 13.7. The summed E-state index contributed by atoms with van der Waals surface area (Å²) >= 11 is 0. The monoisotopic (exact) mass is 337 g/mol. The smallest absolute Gasteiger partial charge is 0.228 e. The molecule has 0 unspecified atom stereocenters. The van der Waals surface area contributed by atoms with Crippen LogP contribution >= 0.6 is 0 Å². The van der Waals surface area contributed by atoms with E-state index in [1.54, 1.807) is 0 Å². The molecule has 0 radical (unpaired) electrons. The number of nitrogens with one attached hydrogen (secondary N) is 1. The quantitative estimate of drug-likeness (QED) is 0.788. The number of carbonyl (C=O) groups is 1. The Balaban J connectivity index is 1.64. The predicted molar refractivity (Wildman–Crippen MR) is 103 cm³/mol. The number of carbonyl (C=O) groups excluding carboxylic acids is 1. The fourth-order valence-electron chi connectivity index (χ4n) is 3.22. The third-order valence-corrected chi connectivity index (χ3v) is 4.69. The van der Waals surface area contributed by atoms with Gasteiger partial charge in [-0.15, -0.1) is 0 Å². The van der Waals surface area contributed by atoms with Crippen molar-refractivity contribution >= 4 is 17.3 Å². The van der Waals surface area contributed by atoms with E-state index >= 15 is 0 Å². The lowest BCUT2D eigenvalue weighted by atomic mass is 10.1. The number of hydrogen-bond acceptors (Lipinski definition) is 3. The molecule has 0 aromatic heterocycles. The second-order valence-electron chi connectivity index (χ2n) is 7.30. The molecule has 3 rings (SSSR count). The Bertz CT molecular complexity index is 737. The van der Waals surface area contributed by atoms with Crippen LogP contribution in [0.2, 0.25) is 0 Å². The van der Waals surface area contributed by atoms with Gasteiger partial charge in [-0.05, 0) is 53.8 Å². The molecule has 0 fully saturated rings. The van der Waals surface area contributed by atoms with Crippen LogP contribution in [0.4, 0.5) is 11.4 Å². The summed E-state index contributed by atoms with van der Waals surface area (Å²) in [7, 11) is 0. The molecule has 1 amide bonds. The number of nitrogens with zero attached hydrogens (tertiary/aromatic N) is 1. The van der Waals surface area contributed by atoms with Crippen molar-refractivity contribution in [2.24, 2.45) is 5.92 Å². The van der Waals surface area contributed by atoms with E-state index in [2.05, 4.69) is 30.1 Å². The zero-order valence-corrected chi connectivity index (χ0v) is 15.1. The number of nitrogen functional groups attached to an aromatic ring is 1. The van der Waals surface area contributed by atoms with Gasteiger partial charge in [-0.1, -0.05) is 38.1 Å². The van der Waals surface area contributed by atoms with Crippen LogP contribution in [-0.4, -0.2) is 17.4 Å². The molecule has 0 saturated carbocycles. The first-order valence-corrected chi connectivity index (χ1v) is 8.98. The highest BCUT2D eigenvalue weighted by Gasteiger charge is 2.22. The summed E-state index contributed by atoms with van der Waals surface area (Å²) < 4.78 is 0. The van der Waals surface area contributed by atoms with Gasteiger partial charge in [-0.3, -0.25) is 9.69 Å². The number of hydrogen-bond donors (Lipinski definition) is 2. The maximum Gasteiger partial charge on any atom is 0.228 e. The summed E-state index contributed by atoms with van der Waals surface area (Å²) in [5.74, 6) is 0.724. The van der Waals surface area contributed by atoms with Gasteiger partial charge in [0.05, 0.1) is 6.42 Å². The van der Waals surface area contributed by atoms with Crippen LogP contribution in [0, 0.1) is 5.92 Å². The van der Waals surface area contributed by atoms with E-state index in [1.807, 2.05) is 36.4 Å². The van der Waals surface area contributed by atoms with Crippen molar-refractivity contribution in [3.05, 3.63) is 59.2 Å². The van der Waals surface area contributed by atoms with E-state index in [9.17, 15) is 4.79 Å². The van der Waals surface area contributed by atoms with Crippen molar-refractivity contribution in [3.63, 3.8) is 0 Å². The number of benzene rings is 2. The Morgan fingerprint density at radius 1 is 1.16 bits per heavy atom. The third kappa shape index (κ3) is 4.60. The molecule has 4 heteroatoms. The molecule has 0 bridgehead atoms. The number of nitrogens with two attached hydrogens (primary N) is 1. The van der Waals surface area contributed by atoms with Crippen LogP contribution in [0.1, 0.15) is 37.0 Å². The maximum atomic E-state index is 12.4. The summed E-state index contributed by atoms with van der Waals surface area (Å²) in [6.45, 7) is 7.51. The van der Waals surface area contributed by atoms with Gasteiger partial charge in [0.25, 0.3) is 0 Å². The number of rotatable bonds is 6. The predicted octanol–water partition coefficient (Wildman–Crippen LogP) is 3.81. The molecule has 2 aromatic rings. The molecule has 25 heavy (non-hydrogen) atoms. The lowest BCUT2D eigenvalue weighted by Crippen LogP contribution is -2.19. The average molecular weight is 337 g/mol. The lowest BCUT2D eigenvalue weighted by Gasteiger charge is -2.16. The summed E-state index contributed by atoms with van der Waals surface area (Å²) in [4.78, 5) is 14.9. The molecule has 1 aliphatic heterocycles. The fraction of sp³-hybridized carbons (Fsp3) is 0.381. The molecular formula is C21H27N3O. The summed E-state index contributed by atoms with van der Waals surface area (Å²) in [5, 5.41) is 3.09. The van der Waals surface area contributed by atoms with E-state index in [0.717, 1.165) is 30.9 Å². The van der Waals surface area contributed by atoms with Crippen molar-refractivity contribution in [3.8, 4) is 0 Å². The van der Waals surface area contributed by atoms with Crippen LogP contribution in [0.25, 0.3) is 0 Å². The highest BCUT2D eigenvalue weighted by molar-refractivity contribution is 5.93. The Labute approximate surface area is 150 Å². The molecular weight excluding hydrogens is 310 g/mol. The lowest BCUT2D eigenvalue weighted by molar-refractivity contribution is -0.115. The van der Waals surface area contributed by atoms with Gasteiger partial charge < -0.3 is 11.1 Å². The van der Waals surface area contributed by atoms with Gasteiger partial charge in [0.1, 0.15) is 0 Å². The van der Waals surface area contributed by atoms with E-state index in [0.29, 0.717) is 18.0 Å². The molecule has 1 aliphatic rings. The molecule has 2 aromatic carbocycles. The molecule has 132 valence electrons. The second-order valence-corrected chi connectivity index (χ2v) is 7.30. The van der Waals surface area contributed by atoms with Crippen LogP contribution in [0.15, 0.2) is 42.5 Å². The third-order valence-electron chi connectivity index (χ3n) is 4.69. The van der Waals surface area contributed by atoms with E-state index < -0.39 is 0 Å². The van der Waals surface area contributed by atoms with Crippen LogP contribution < -0.4 is 11.1 Å². The SMILES string of the molecule is CC(C)CCN1Cc2cccc(NC(=O)Cc3ccc(N)cc3)c2C1. The first-order chi connectivity index (χ1) is 12.0. The molecule has 0 spiro atoms. The van der Waals surface area contributed by atoms with E-state index in [4.69, 9.17) is 5.73 Å². The second kappa shape index (κ2) is 7.70. The maximum absolute atomic E-state index is 12.4. The van der Waals surface area contributed by atoms with Gasteiger partial charge in [-0.25, -0.2) is 0 Å². The summed E-state index contributed by atoms with van der Waals surface area (Å²) in [6.07, 6.45) is 1.56. The Hall–Kier alpha value is -2.33. The zero-order valence-electron chi connectivity index (χ0n) is 15.1. The van der Waals surface area contributed by atoms with Crippen molar-refractivity contribution in [2.45, 2.75) is 39.8 Å². The minimum Gasteiger partial charge on any atom is -0.399 e. The molecule has 4 nitrogen and oxygen atoms in total. The van der Waals surface area contributed by atoms with Crippen LogP contribution in [0.5, 0.6) is 0 Å². The number of fused-ring (bicyclic) bond motifs is 1. The highest BCUT2D eigenvalue weighted by Crippen LogP contribution is 2.29. The normalized spacial score (nSPS) is 13.9. The van der Waals surface area contributed by atoms with Crippen molar-refractivity contribution in [1.82, 2.24) is 4.90 Å². The van der Waals surface area contributed by atoms with Gasteiger partial charge in [0.2, 0.25) is 5.91 Å². The first kappa shape index (κ1) is 17.5. The molecule has 0 aliphatic carbocycles. The molecule has 0 saturated heterocycles. The van der Waals surface area contributed by atoms with Gasteiger partial charge >= 0.3 is 0 Å². The van der Waals surface area contributed by atoms with Crippen LogP contribution in [0.3, 0.4) is 0 Å². The number of anilines is 2. The topological polar surface area (TPSA) is 58.4 Å². The van der Waals surface area contributed by atoms with E-state index in [1.165, 1.54) is 17.5 Å². The van der Waals surface area contributed by atoms with Crippen molar-refractivity contribution in [1.29, 1.82) is 0 Å². The number of amides is 1. The largest absolute Gasteiger partial charge is 0.399 e.